The first-order chi connectivity index (χ1) is 6.68. The molecule has 0 aliphatic rings. The minimum Gasteiger partial charge on any atom is -0.545 e. The van der Waals surface area contributed by atoms with E-state index in [1.54, 1.807) is 24.4 Å². The van der Waals surface area contributed by atoms with Gasteiger partial charge in [-0.3, -0.25) is 4.98 Å². The number of halogens is 1. The average molecular weight is 251 g/mol. The smallest absolute Gasteiger partial charge is 0.0715 e. The number of carboxylic acids is 1. The zero-order valence-corrected chi connectivity index (χ0v) is 8.61. The highest BCUT2D eigenvalue weighted by molar-refractivity contribution is 9.10. The Morgan fingerprint density at radius 3 is 2.86 bits per heavy atom. The summed E-state index contributed by atoms with van der Waals surface area (Å²) in [5.74, 6) is -1.18. The fraction of sp³-hybridized carbons (Fsp3) is 0. The molecule has 70 valence electrons. The van der Waals surface area contributed by atoms with Crippen LogP contribution in [0.25, 0.3) is 10.9 Å². The van der Waals surface area contributed by atoms with Gasteiger partial charge in [-0.2, -0.15) is 0 Å². The van der Waals surface area contributed by atoms with Crippen LogP contribution in [0.5, 0.6) is 0 Å². The molecule has 0 radical (unpaired) electrons. The summed E-state index contributed by atoms with van der Waals surface area (Å²) in [5.41, 5.74) is 0.913. The first-order valence-corrected chi connectivity index (χ1v) is 4.73. The van der Waals surface area contributed by atoms with Crippen LogP contribution >= 0.6 is 15.9 Å². The van der Waals surface area contributed by atoms with Crippen molar-refractivity contribution in [3.8, 4) is 0 Å². The van der Waals surface area contributed by atoms with Gasteiger partial charge in [-0.1, -0.05) is 22.0 Å². The summed E-state index contributed by atoms with van der Waals surface area (Å²) >= 11 is 3.33. The number of carboxylic acid groups (broad SMARTS) is 1. The highest BCUT2D eigenvalue weighted by atomic mass is 79.9. The largest absolute Gasteiger partial charge is 0.545 e. The van der Waals surface area contributed by atoms with Gasteiger partial charge >= 0.3 is 0 Å². The van der Waals surface area contributed by atoms with Crippen molar-refractivity contribution in [1.82, 2.24) is 4.98 Å². The van der Waals surface area contributed by atoms with Gasteiger partial charge < -0.3 is 9.90 Å². The van der Waals surface area contributed by atoms with Crippen molar-refractivity contribution in [2.75, 3.05) is 0 Å². The Morgan fingerprint density at radius 2 is 2.14 bits per heavy atom. The summed E-state index contributed by atoms with van der Waals surface area (Å²) < 4.78 is 0.825. The van der Waals surface area contributed by atoms with Crippen LogP contribution in [0.2, 0.25) is 0 Å². The molecule has 1 aromatic heterocycles. The molecule has 0 spiro atoms. The predicted molar refractivity (Wildman–Crippen MR) is 53.8 cm³/mol. The van der Waals surface area contributed by atoms with Gasteiger partial charge in [0.25, 0.3) is 0 Å². The van der Waals surface area contributed by atoms with E-state index in [-0.39, 0.29) is 5.56 Å². The number of fused-ring (bicyclic) bond motifs is 1. The molecule has 0 fully saturated rings. The lowest BCUT2D eigenvalue weighted by Crippen LogP contribution is -2.22. The van der Waals surface area contributed by atoms with Crippen molar-refractivity contribution in [2.45, 2.75) is 0 Å². The van der Waals surface area contributed by atoms with Gasteiger partial charge in [0.2, 0.25) is 0 Å². The highest BCUT2D eigenvalue weighted by Crippen LogP contribution is 2.22. The van der Waals surface area contributed by atoms with E-state index >= 15 is 0 Å². The molecular formula is C10H5BrNO2-. The van der Waals surface area contributed by atoms with E-state index in [1.807, 2.05) is 0 Å². The lowest BCUT2D eigenvalue weighted by atomic mass is 10.1. The molecular weight excluding hydrogens is 246 g/mol. The molecule has 0 unspecified atom stereocenters. The van der Waals surface area contributed by atoms with Crippen molar-refractivity contribution >= 4 is 32.8 Å². The van der Waals surface area contributed by atoms with Crippen molar-refractivity contribution in [2.24, 2.45) is 0 Å². The first-order valence-electron chi connectivity index (χ1n) is 3.94. The van der Waals surface area contributed by atoms with Gasteiger partial charge in [-0.25, -0.2) is 0 Å². The Hall–Kier alpha value is -1.42. The van der Waals surface area contributed by atoms with Crippen molar-refractivity contribution in [3.05, 3.63) is 40.5 Å². The molecule has 0 aliphatic heterocycles. The van der Waals surface area contributed by atoms with Crippen LogP contribution in [0.4, 0.5) is 0 Å². The van der Waals surface area contributed by atoms with E-state index in [1.165, 1.54) is 6.07 Å². The van der Waals surface area contributed by atoms with Gasteiger partial charge in [-0.05, 0) is 23.8 Å². The van der Waals surface area contributed by atoms with Crippen LogP contribution in [0, 0.1) is 0 Å². The van der Waals surface area contributed by atoms with Crippen molar-refractivity contribution < 1.29 is 9.90 Å². The van der Waals surface area contributed by atoms with E-state index in [0.717, 1.165) is 15.4 Å². The number of nitrogens with zero attached hydrogens (tertiary/aromatic N) is 1. The second-order valence-electron chi connectivity index (χ2n) is 2.81. The Morgan fingerprint density at radius 1 is 1.36 bits per heavy atom. The molecule has 2 rings (SSSR count). The van der Waals surface area contributed by atoms with Crippen molar-refractivity contribution in [1.29, 1.82) is 0 Å². The van der Waals surface area contributed by atoms with Crippen LogP contribution in [0.3, 0.4) is 0 Å². The van der Waals surface area contributed by atoms with E-state index in [0.29, 0.717) is 0 Å². The number of carbonyl (C=O) groups excluding carboxylic acids is 1. The fourth-order valence-corrected chi connectivity index (χ4v) is 1.68. The van der Waals surface area contributed by atoms with Crippen molar-refractivity contribution in [3.63, 3.8) is 0 Å². The molecule has 1 heterocycles. The second-order valence-corrected chi connectivity index (χ2v) is 3.67. The maximum absolute atomic E-state index is 10.6. The minimum atomic E-state index is -1.18. The molecule has 0 aliphatic carbocycles. The molecule has 2 aromatic rings. The Kier molecular flexibility index (Phi) is 2.21. The molecule has 1 aromatic carbocycles. The molecule has 0 N–H and O–H groups in total. The zero-order chi connectivity index (χ0) is 10.1. The summed E-state index contributed by atoms with van der Waals surface area (Å²) in [6, 6.07) is 6.45. The van der Waals surface area contributed by atoms with Crippen LogP contribution in [-0.4, -0.2) is 11.0 Å². The third-order valence-corrected chi connectivity index (χ3v) is 2.62. The Labute approximate surface area is 88.5 Å². The Balaban J connectivity index is 2.76. The number of pyridine rings is 1. The number of hydrogen-bond acceptors (Lipinski definition) is 3. The van der Waals surface area contributed by atoms with Crippen LogP contribution in [-0.2, 0) is 0 Å². The standard InChI is InChI=1S/C10H6BrNO2/c11-8-3-4-12-9-2-1-6(10(13)14)5-7(8)9/h1-5H,(H,13,14)/p-1. The van der Waals surface area contributed by atoms with E-state index < -0.39 is 5.97 Å². The van der Waals surface area contributed by atoms with Crippen LogP contribution < -0.4 is 5.11 Å². The second kappa shape index (κ2) is 3.38. The molecule has 4 heteroatoms. The lowest BCUT2D eigenvalue weighted by Gasteiger charge is -2.04. The van der Waals surface area contributed by atoms with Crippen LogP contribution in [0.1, 0.15) is 10.4 Å². The monoisotopic (exact) mass is 250 g/mol. The highest BCUT2D eigenvalue weighted by Gasteiger charge is 2.01. The summed E-state index contributed by atoms with van der Waals surface area (Å²) in [6.45, 7) is 0. The van der Waals surface area contributed by atoms with Gasteiger partial charge in [0.15, 0.2) is 0 Å². The topological polar surface area (TPSA) is 53.0 Å². The lowest BCUT2D eigenvalue weighted by molar-refractivity contribution is -0.255. The summed E-state index contributed by atoms with van der Waals surface area (Å²) in [5, 5.41) is 11.4. The maximum Gasteiger partial charge on any atom is 0.0715 e. The summed E-state index contributed by atoms with van der Waals surface area (Å²) in [6.07, 6.45) is 1.66. The van der Waals surface area contributed by atoms with E-state index in [4.69, 9.17) is 0 Å². The molecule has 0 saturated carbocycles. The zero-order valence-electron chi connectivity index (χ0n) is 7.03. The van der Waals surface area contributed by atoms with E-state index in [2.05, 4.69) is 20.9 Å². The summed E-state index contributed by atoms with van der Waals surface area (Å²) in [4.78, 5) is 14.7. The molecule has 0 atom stereocenters. The number of rotatable bonds is 1. The molecule has 14 heavy (non-hydrogen) atoms. The van der Waals surface area contributed by atoms with Gasteiger partial charge in [0.05, 0.1) is 11.5 Å². The van der Waals surface area contributed by atoms with Gasteiger partial charge in [-0.15, -0.1) is 0 Å². The quantitative estimate of drug-likeness (QED) is 0.768. The number of benzene rings is 1. The third-order valence-electron chi connectivity index (χ3n) is 1.92. The molecule has 0 saturated heterocycles. The first kappa shape index (κ1) is 9.15. The number of aromatic nitrogens is 1. The predicted octanol–water partition coefficient (Wildman–Crippen LogP) is 1.36. The normalized spacial score (nSPS) is 10.4. The minimum absolute atomic E-state index is 0.159. The van der Waals surface area contributed by atoms with Crippen LogP contribution in [0.15, 0.2) is 34.9 Å². The van der Waals surface area contributed by atoms with Gasteiger partial charge in [0, 0.05) is 16.1 Å². The summed E-state index contributed by atoms with van der Waals surface area (Å²) in [7, 11) is 0. The number of aromatic carboxylic acids is 1. The number of carbonyl (C=O) groups is 1. The average Bonchev–Trinajstić information content (AvgIpc) is 2.18. The molecule has 0 amide bonds. The van der Waals surface area contributed by atoms with E-state index in [9.17, 15) is 9.90 Å². The molecule has 3 nitrogen and oxygen atoms in total. The third kappa shape index (κ3) is 1.48. The number of hydrogen-bond donors (Lipinski definition) is 0. The maximum atomic E-state index is 10.6. The molecule has 0 bridgehead atoms. The fourth-order valence-electron chi connectivity index (χ4n) is 1.24. The van der Waals surface area contributed by atoms with Gasteiger partial charge in [0.1, 0.15) is 0 Å². The SMILES string of the molecule is O=C([O-])c1ccc2nccc(Br)c2c1. The Bertz CT molecular complexity index is 510.